The van der Waals surface area contributed by atoms with E-state index in [0.29, 0.717) is 37.2 Å². The third-order valence-electron chi connectivity index (χ3n) is 6.62. The van der Waals surface area contributed by atoms with Crippen molar-refractivity contribution in [1.82, 2.24) is 9.88 Å². The minimum Gasteiger partial charge on any atom is -0.354 e. The maximum absolute atomic E-state index is 14.2. The van der Waals surface area contributed by atoms with Crippen LogP contribution in [-0.4, -0.2) is 41.9 Å². The second-order valence-corrected chi connectivity index (χ2v) is 10.2. The van der Waals surface area contributed by atoms with Crippen LogP contribution in [0.15, 0.2) is 53.7 Å². The molecule has 1 aliphatic rings. The van der Waals surface area contributed by atoms with Crippen LogP contribution in [0.1, 0.15) is 52.7 Å². The molecule has 2 heterocycles. The highest BCUT2D eigenvalue weighted by Crippen LogP contribution is 2.34. The smallest absolute Gasteiger partial charge is 0.312 e. The van der Waals surface area contributed by atoms with Crippen molar-refractivity contribution in [3.63, 3.8) is 0 Å². The van der Waals surface area contributed by atoms with E-state index in [-0.39, 0.29) is 40.9 Å². The molecule has 2 N–H and O–H groups in total. The van der Waals surface area contributed by atoms with Gasteiger partial charge in [0.05, 0.1) is 11.3 Å². The zero-order chi connectivity index (χ0) is 26.0. The van der Waals surface area contributed by atoms with Crippen LogP contribution in [-0.2, 0) is 16.5 Å². The first-order valence-corrected chi connectivity index (χ1v) is 13.1. The number of amides is 1. The first-order chi connectivity index (χ1) is 17.1. The summed E-state index contributed by atoms with van der Waals surface area (Å²) in [5.74, 6) is -0.924. The molecular weight excluding hydrogens is 488 g/mol. The molecule has 1 aliphatic heterocycles. The third kappa shape index (κ3) is 5.24. The number of carbonyl (C=O) groups is 1. The van der Waals surface area contributed by atoms with Crippen molar-refractivity contribution in [3.05, 3.63) is 82.5 Å². The van der Waals surface area contributed by atoms with Crippen LogP contribution in [0.25, 0.3) is 0 Å². The normalized spacial score (nSPS) is 14.6. The minimum absolute atomic E-state index is 0.128. The Labute approximate surface area is 208 Å². The Morgan fingerprint density at radius 3 is 2.42 bits per heavy atom. The van der Waals surface area contributed by atoms with Gasteiger partial charge in [-0.1, -0.05) is 25.1 Å². The van der Waals surface area contributed by atoms with Gasteiger partial charge in [-0.25, -0.2) is 13.8 Å². The predicted octanol–water partition coefficient (Wildman–Crippen LogP) is 5.24. The molecule has 7 nitrogen and oxygen atoms in total. The van der Waals surface area contributed by atoms with Crippen molar-refractivity contribution in [2.75, 3.05) is 18.4 Å². The lowest BCUT2D eigenvalue weighted by atomic mass is 9.89. The van der Waals surface area contributed by atoms with Crippen molar-refractivity contribution < 1.29 is 26.5 Å². The van der Waals surface area contributed by atoms with Crippen molar-refractivity contribution >= 4 is 27.4 Å². The van der Waals surface area contributed by atoms with Gasteiger partial charge in [0.25, 0.3) is 5.91 Å². The first kappa shape index (κ1) is 25.7. The molecule has 10 heteroatoms. The fourth-order valence-corrected chi connectivity index (χ4v) is 5.33. The fraction of sp³-hybridized carbons (Fsp3) is 0.308. The fourth-order valence-electron chi connectivity index (χ4n) is 4.59. The van der Waals surface area contributed by atoms with E-state index in [9.17, 15) is 26.5 Å². The van der Waals surface area contributed by atoms with Crippen molar-refractivity contribution in [2.24, 2.45) is 0 Å². The zero-order valence-corrected chi connectivity index (χ0v) is 20.8. The van der Waals surface area contributed by atoms with Gasteiger partial charge in [0.2, 0.25) is 0 Å². The quantitative estimate of drug-likeness (QED) is 0.436. The Morgan fingerprint density at radius 1 is 1.14 bits per heavy atom. The molecule has 0 spiro atoms. The number of hydrogen-bond donors (Lipinski definition) is 2. The van der Waals surface area contributed by atoms with E-state index in [1.807, 2.05) is 0 Å². The third-order valence-corrected chi connectivity index (χ3v) is 7.46. The molecular formula is C26H27F2N3O4S. The van der Waals surface area contributed by atoms with Crippen molar-refractivity contribution in [3.8, 4) is 0 Å². The molecule has 1 amide bonds. The highest BCUT2D eigenvalue weighted by molar-refractivity contribution is 7.85. The number of carbonyl (C=O) groups excluding carboxylic acids is 1. The van der Waals surface area contributed by atoms with Crippen molar-refractivity contribution in [1.29, 1.82) is 0 Å². The number of benzene rings is 2. The predicted molar refractivity (Wildman–Crippen MR) is 132 cm³/mol. The summed E-state index contributed by atoms with van der Waals surface area (Å²) in [6.45, 7) is 4.13. The molecule has 1 aromatic heterocycles. The largest absolute Gasteiger partial charge is 0.354 e. The van der Waals surface area contributed by atoms with Crippen LogP contribution in [0.4, 0.5) is 20.2 Å². The number of piperidine rings is 1. The van der Waals surface area contributed by atoms with Gasteiger partial charge >= 0.3 is 10.1 Å². The summed E-state index contributed by atoms with van der Waals surface area (Å²) in [4.78, 5) is 19.2. The van der Waals surface area contributed by atoms with Gasteiger partial charge in [0, 0.05) is 36.1 Å². The number of rotatable bonds is 6. The standard InChI is InChI=1S/C26H27F2N3O4S/c1-3-20-24(30-23-6-4-5-22(28)16(23)2)21(15-29-25(20)36(33,34)35)26(32)31-13-11-18(12-14-31)17-7-9-19(27)10-8-17/h4-10,15,18H,3,11-14H2,1-2H3,(H,29,30)(H,33,34,35). The monoisotopic (exact) mass is 515 g/mol. The Hall–Kier alpha value is -3.37. The van der Waals surface area contributed by atoms with E-state index in [0.717, 1.165) is 11.8 Å². The average Bonchev–Trinajstić information content (AvgIpc) is 2.86. The molecule has 3 aromatic rings. The molecule has 0 radical (unpaired) electrons. The molecule has 36 heavy (non-hydrogen) atoms. The van der Waals surface area contributed by atoms with Gasteiger partial charge < -0.3 is 10.2 Å². The summed E-state index contributed by atoms with van der Waals surface area (Å²) < 4.78 is 61.2. The van der Waals surface area contributed by atoms with E-state index in [4.69, 9.17) is 0 Å². The molecule has 0 saturated carbocycles. The van der Waals surface area contributed by atoms with Crippen LogP contribution in [0, 0.1) is 18.6 Å². The summed E-state index contributed by atoms with van der Waals surface area (Å²) in [6, 6.07) is 10.8. The van der Waals surface area contributed by atoms with E-state index >= 15 is 0 Å². The number of nitrogens with zero attached hydrogens (tertiary/aromatic N) is 2. The van der Waals surface area contributed by atoms with E-state index in [1.54, 1.807) is 36.9 Å². The number of aromatic nitrogens is 1. The molecule has 0 aliphatic carbocycles. The Balaban J connectivity index is 1.68. The lowest BCUT2D eigenvalue weighted by Gasteiger charge is -2.33. The van der Waals surface area contributed by atoms with Crippen molar-refractivity contribution in [2.45, 2.75) is 44.1 Å². The first-order valence-electron chi connectivity index (χ1n) is 11.7. The highest BCUT2D eigenvalue weighted by Gasteiger charge is 2.30. The molecule has 1 fully saturated rings. The number of pyridine rings is 1. The lowest BCUT2D eigenvalue weighted by molar-refractivity contribution is 0.0713. The Morgan fingerprint density at radius 2 is 1.81 bits per heavy atom. The second kappa shape index (κ2) is 10.3. The number of hydrogen-bond acceptors (Lipinski definition) is 5. The van der Waals surface area contributed by atoms with E-state index in [2.05, 4.69) is 10.3 Å². The molecule has 2 aromatic carbocycles. The number of likely N-dealkylation sites (tertiary alicyclic amines) is 1. The zero-order valence-electron chi connectivity index (χ0n) is 20.0. The van der Waals surface area contributed by atoms with Gasteiger partial charge in [-0.3, -0.25) is 9.35 Å². The minimum atomic E-state index is -4.66. The van der Waals surface area contributed by atoms with E-state index < -0.39 is 21.0 Å². The van der Waals surface area contributed by atoms with Gasteiger partial charge in [0.1, 0.15) is 11.6 Å². The number of halogens is 2. The van der Waals surface area contributed by atoms with Crippen LogP contribution in [0.3, 0.4) is 0 Å². The summed E-state index contributed by atoms with van der Waals surface area (Å²) in [5, 5.41) is 2.49. The molecule has 1 saturated heterocycles. The van der Waals surface area contributed by atoms with Crippen LogP contribution in [0.2, 0.25) is 0 Å². The molecule has 0 atom stereocenters. The highest BCUT2D eigenvalue weighted by atomic mass is 32.2. The summed E-state index contributed by atoms with van der Waals surface area (Å²) in [7, 11) is -4.66. The Kier molecular flexibility index (Phi) is 7.37. The van der Waals surface area contributed by atoms with Gasteiger partial charge in [0.15, 0.2) is 5.03 Å². The topological polar surface area (TPSA) is 99.6 Å². The molecule has 190 valence electrons. The summed E-state index contributed by atoms with van der Waals surface area (Å²) >= 11 is 0. The molecule has 4 rings (SSSR count). The maximum atomic E-state index is 14.2. The maximum Gasteiger partial charge on any atom is 0.312 e. The Bertz CT molecular complexity index is 1390. The lowest BCUT2D eigenvalue weighted by Crippen LogP contribution is -2.38. The number of nitrogens with one attached hydrogen (secondary N) is 1. The van der Waals surface area contributed by atoms with Crippen LogP contribution in [0.5, 0.6) is 0 Å². The summed E-state index contributed by atoms with van der Waals surface area (Å²) in [6.07, 6.45) is 2.64. The second-order valence-electron chi connectivity index (χ2n) is 8.81. The summed E-state index contributed by atoms with van der Waals surface area (Å²) in [5.41, 5.74) is 2.10. The van der Waals surface area contributed by atoms with Crippen LogP contribution >= 0.6 is 0 Å². The van der Waals surface area contributed by atoms with Crippen LogP contribution < -0.4 is 5.32 Å². The van der Waals surface area contributed by atoms with E-state index in [1.165, 1.54) is 24.3 Å². The van der Waals surface area contributed by atoms with Gasteiger partial charge in [-0.2, -0.15) is 8.42 Å². The SMILES string of the molecule is CCc1c(S(=O)(=O)O)ncc(C(=O)N2CCC(c3ccc(F)cc3)CC2)c1Nc1cccc(F)c1C. The van der Waals surface area contributed by atoms with Gasteiger partial charge in [-0.15, -0.1) is 0 Å². The molecule has 0 unspecified atom stereocenters. The molecule has 0 bridgehead atoms. The van der Waals surface area contributed by atoms with Gasteiger partial charge in [-0.05, 0) is 61.9 Å². The number of anilines is 2. The average molecular weight is 516 g/mol.